The van der Waals surface area contributed by atoms with Gasteiger partial charge in [0.15, 0.2) is 0 Å². The molecule has 2 aliphatic carbocycles. The van der Waals surface area contributed by atoms with E-state index >= 15 is 0 Å². The average Bonchev–Trinajstić information content (AvgIpc) is 3.22. The third-order valence-corrected chi connectivity index (χ3v) is 5.25. The smallest absolute Gasteiger partial charge is 0.0166 e. The minimum absolute atomic E-state index is 0.172. The number of nitrogens with zero attached hydrogens (tertiary/aromatic N) is 2. The van der Waals surface area contributed by atoms with Crippen molar-refractivity contribution in [2.45, 2.75) is 62.9 Å². The first-order valence-electron chi connectivity index (χ1n) is 8.01. The number of nitrogens with two attached hydrogens (primary N) is 1. The number of hydrogen-bond acceptors (Lipinski definition) is 3. The molecule has 0 amide bonds. The highest BCUT2D eigenvalue weighted by Gasteiger charge is 2.32. The van der Waals surface area contributed by atoms with Gasteiger partial charge in [-0.2, -0.15) is 0 Å². The van der Waals surface area contributed by atoms with E-state index in [4.69, 9.17) is 5.73 Å². The Balaban J connectivity index is 1.38. The van der Waals surface area contributed by atoms with E-state index in [0.29, 0.717) is 0 Å². The maximum atomic E-state index is 6.52. The van der Waals surface area contributed by atoms with Crippen LogP contribution in [0.15, 0.2) is 0 Å². The van der Waals surface area contributed by atoms with Gasteiger partial charge in [0, 0.05) is 37.8 Å². The normalized spacial score (nSPS) is 30.5. The summed E-state index contributed by atoms with van der Waals surface area (Å²) in [6.45, 7) is 6.36. The molecule has 18 heavy (non-hydrogen) atoms. The van der Waals surface area contributed by atoms with E-state index < -0.39 is 0 Å². The fourth-order valence-corrected chi connectivity index (χ4v) is 3.68. The van der Waals surface area contributed by atoms with Gasteiger partial charge in [-0.1, -0.05) is 19.3 Å². The lowest BCUT2D eigenvalue weighted by Gasteiger charge is -2.38. The van der Waals surface area contributed by atoms with Crippen molar-refractivity contribution in [1.29, 1.82) is 0 Å². The molecule has 3 rings (SSSR count). The molecule has 0 radical (unpaired) electrons. The Bertz CT molecular complexity index is 261. The first-order chi connectivity index (χ1) is 8.75. The lowest BCUT2D eigenvalue weighted by atomic mass is 9.80. The van der Waals surface area contributed by atoms with Crippen LogP contribution in [-0.2, 0) is 0 Å². The van der Waals surface area contributed by atoms with E-state index in [1.807, 2.05) is 0 Å². The summed E-state index contributed by atoms with van der Waals surface area (Å²) in [7, 11) is 0. The van der Waals surface area contributed by atoms with E-state index in [-0.39, 0.29) is 5.54 Å². The van der Waals surface area contributed by atoms with Crippen molar-refractivity contribution in [2.24, 2.45) is 5.73 Å². The molecule has 104 valence electrons. The average molecular weight is 251 g/mol. The van der Waals surface area contributed by atoms with E-state index in [1.54, 1.807) is 0 Å². The van der Waals surface area contributed by atoms with Crippen LogP contribution in [0.1, 0.15) is 51.4 Å². The summed E-state index contributed by atoms with van der Waals surface area (Å²) in [5.74, 6) is 0. The van der Waals surface area contributed by atoms with E-state index in [0.717, 1.165) is 6.04 Å². The Morgan fingerprint density at radius 2 is 1.61 bits per heavy atom. The third kappa shape index (κ3) is 3.25. The van der Waals surface area contributed by atoms with Crippen LogP contribution in [0.5, 0.6) is 0 Å². The highest BCUT2D eigenvalue weighted by atomic mass is 15.3. The van der Waals surface area contributed by atoms with Crippen molar-refractivity contribution in [2.75, 3.05) is 32.7 Å². The molecule has 2 saturated carbocycles. The molecular formula is C15H29N3. The van der Waals surface area contributed by atoms with Crippen molar-refractivity contribution >= 4 is 0 Å². The van der Waals surface area contributed by atoms with Gasteiger partial charge < -0.3 is 10.6 Å². The lowest BCUT2D eigenvalue weighted by molar-refractivity contribution is 0.114. The van der Waals surface area contributed by atoms with E-state index in [2.05, 4.69) is 9.80 Å². The molecule has 1 heterocycles. The summed E-state index contributed by atoms with van der Waals surface area (Å²) in [5, 5.41) is 0. The number of rotatable bonds is 4. The summed E-state index contributed by atoms with van der Waals surface area (Å²) >= 11 is 0. The SMILES string of the molecule is NC1(CCN2CCN(C3CC3)CC2)CCCCC1. The molecule has 0 bridgehead atoms. The van der Waals surface area contributed by atoms with Gasteiger partial charge >= 0.3 is 0 Å². The Kier molecular flexibility index (Phi) is 3.92. The van der Waals surface area contributed by atoms with Gasteiger partial charge in [-0.25, -0.2) is 0 Å². The fourth-order valence-electron chi connectivity index (χ4n) is 3.68. The predicted octanol–water partition coefficient (Wildman–Crippen LogP) is 1.82. The van der Waals surface area contributed by atoms with Crippen LogP contribution in [0.2, 0.25) is 0 Å². The molecule has 3 fully saturated rings. The molecule has 3 aliphatic rings. The maximum Gasteiger partial charge on any atom is 0.0166 e. The molecule has 3 heteroatoms. The molecule has 0 atom stereocenters. The summed E-state index contributed by atoms with van der Waals surface area (Å²) < 4.78 is 0. The Labute approximate surface area is 112 Å². The van der Waals surface area contributed by atoms with Crippen LogP contribution in [0.3, 0.4) is 0 Å². The molecule has 1 aliphatic heterocycles. The first kappa shape index (κ1) is 12.9. The zero-order valence-electron chi connectivity index (χ0n) is 11.7. The second kappa shape index (κ2) is 5.48. The van der Waals surface area contributed by atoms with Crippen LogP contribution in [-0.4, -0.2) is 54.1 Å². The maximum absolute atomic E-state index is 6.52. The largest absolute Gasteiger partial charge is 0.325 e. The van der Waals surface area contributed by atoms with Gasteiger partial charge in [0.25, 0.3) is 0 Å². The molecule has 0 aromatic heterocycles. The van der Waals surface area contributed by atoms with Crippen LogP contribution in [0.4, 0.5) is 0 Å². The van der Waals surface area contributed by atoms with Crippen LogP contribution in [0, 0.1) is 0 Å². The molecule has 0 spiro atoms. The van der Waals surface area contributed by atoms with Crippen molar-refractivity contribution in [3.63, 3.8) is 0 Å². The molecule has 1 saturated heterocycles. The number of hydrogen-bond donors (Lipinski definition) is 1. The fraction of sp³-hybridized carbons (Fsp3) is 1.00. The van der Waals surface area contributed by atoms with Gasteiger partial charge in [-0.3, -0.25) is 4.90 Å². The molecule has 0 aromatic carbocycles. The van der Waals surface area contributed by atoms with Crippen LogP contribution < -0.4 is 5.73 Å². The predicted molar refractivity (Wildman–Crippen MR) is 75.7 cm³/mol. The summed E-state index contributed by atoms with van der Waals surface area (Å²) in [5.41, 5.74) is 6.70. The lowest BCUT2D eigenvalue weighted by Crippen LogP contribution is -2.50. The Morgan fingerprint density at radius 1 is 0.944 bits per heavy atom. The topological polar surface area (TPSA) is 32.5 Å². The van der Waals surface area contributed by atoms with Crippen LogP contribution >= 0.6 is 0 Å². The van der Waals surface area contributed by atoms with Gasteiger partial charge in [-0.15, -0.1) is 0 Å². The molecule has 3 nitrogen and oxygen atoms in total. The van der Waals surface area contributed by atoms with Crippen molar-refractivity contribution in [1.82, 2.24) is 9.80 Å². The minimum Gasteiger partial charge on any atom is -0.325 e. The van der Waals surface area contributed by atoms with Gasteiger partial charge in [-0.05, 0) is 38.6 Å². The van der Waals surface area contributed by atoms with Crippen LogP contribution in [0.25, 0.3) is 0 Å². The van der Waals surface area contributed by atoms with Crippen molar-refractivity contribution < 1.29 is 0 Å². The van der Waals surface area contributed by atoms with Gasteiger partial charge in [0.1, 0.15) is 0 Å². The molecule has 0 aromatic rings. The zero-order valence-corrected chi connectivity index (χ0v) is 11.7. The molecule has 2 N–H and O–H groups in total. The summed E-state index contributed by atoms with van der Waals surface area (Å²) in [6.07, 6.45) is 10.7. The highest BCUT2D eigenvalue weighted by Crippen LogP contribution is 2.30. The summed E-state index contributed by atoms with van der Waals surface area (Å²) in [6, 6.07) is 0.950. The zero-order chi connectivity index (χ0) is 12.4. The van der Waals surface area contributed by atoms with E-state index in [1.165, 1.54) is 84.1 Å². The standard InChI is InChI=1S/C15H29N3/c16-15(6-2-1-3-7-15)8-9-17-10-12-18(13-11-17)14-4-5-14/h14H,1-13,16H2. The monoisotopic (exact) mass is 251 g/mol. The van der Waals surface area contributed by atoms with Crippen molar-refractivity contribution in [3.05, 3.63) is 0 Å². The first-order valence-corrected chi connectivity index (χ1v) is 8.01. The highest BCUT2D eigenvalue weighted by molar-refractivity contribution is 4.90. The minimum atomic E-state index is 0.172. The summed E-state index contributed by atoms with van der Waals surface area (Å²) in [4.78, 5) is 5.33. The molecular weight excluding hydrogens is 222 g/mol. The quantitative estimate of drug-likeness (QED) is 0.827. The van der Waals surface area contributed by atoms with Gasteiger partial charge in [0.05, 0.1) is 0 Å². The Morgan fingerprint density at radius 3 is 2.22 bits per heavy atom. The second-order valence-corrected chi connectivity index (χ2v) is 6.78. The third-order valence-electron chi connectivity index (χ3n) is 5.25. The van der Waals surface area contributed by atoms with Crippen molar-refractivity contribution in [3.8, 4) is 0 Å². The molecule has 0 unspecified atom stereocenters. The van der Waals surface area contributed by atoms with E-state index in [9.17, 15) is 0 Å². The Hall–Kier alpha value is -0.120. The van der Waals surface area contributed by atoms with Gasteiger partial charge in [0.2, 0.25) is 0 Å². The number of piperazine rings is 1. The second-order valence-electron chi connectivity index (χ2n) is 6.78.